The standard InChI is InChI=1S/C11H9Br2N3O2/c12-6-3-8(18-9(6)13)11-15-7-1-2-17-4-5(7)10(14)16-11/h3H,1-2,4H2,(H2,14,15,16). The predicted octanol–water partition coefficient (Wildman–Crippen LogP) is 2.92. The van der Waals surface area contributed by atoms with Crippen LogP contribution in [0.15, 0.2) is 19.6 Å². The molecule has 1 aliphatic rings. The van der Waals surface area contributed by atoms with Gasteiger partial charge in [0.25, 0.3) is 0 Å². The highest BCUT2D eigenvalue weighted by Crippen LogP contribution is 2.32. The fourth-order valence-electron chi connectivity index (χ4n) is 1.82. The van der Waals surface area contributed by atoms with E-state index in [2.05, 4.69) is 41.8 Å². The highest BCUT2D eigenvalue weighted by atomic mass is 79.9. The van der Waals surface area contributed by atoms with Crippen LogP contribution in [0.2, 0.25) is 0 Å². The molecule has 0 spiro atoms. The molecule has 0 atom stereocenters. The average molecular weight is 375 g/mol. The number of fused-ring (bicyclic) bond motifs is 1. The summed E-state index contributed by atoms with van der Waals surface area (Å²) in [6.07, 6.45) is 0.748. The topological polar surface area (TPSA) is 74.2 Å². The molecule has 0 bridgehead atoms. The van der Waals surface area contributed by atoms with E-state index in [-0.39, 0.29) is 0 Å². The number of nitrogen functional groups attached to an aromatic ring is 1. The van der Waals surface area contributed by atoms with E-state index in [0.717, 1.165) is 22.2 Å². The summed E-state index contributed by atoms with van der Waals surface area (Å²) < 4.78 is 12.3. The van der Waals surface area contributed by atoms with Crippen molar-refractivity contribution < 1.29 is 9.15 Å². The van der Waals surface area contributed by atoms with Gasteiger partial charge in [0.15, 0.2) is 16.3 Å². The molecule has 0 aliphatic carbocycles. The number of furan rings is 1. The molecule has 5 nitrogen and oxygen atoms in total. The third-order valence-electron chi connectivity index (χ3n) is 2.72. The second-order valence-corrected chi connectivity index (χ2v) is 5.47. The molecule has 0 amide bonds. The second kappa shape index (κ2) is 4.64. The van der Waals surface area contributed by atoms with Crippen molar-refractivity contribution in [3.8, 4) is 11.6 Å². The molecule has 3 rings (SSSR count). The smallest absolute Gasteiger partial charge is 0.197 e. The first-order valence-electron chi connectivity index (χ1n) is 5.33. The summed E-state index contributed by atoms with van der Waals surface area (Å²) in [5.74, 6) is 1.53. The third-order valence-corrected chi connectivity index (χ3v) is 4.43. The minimum Gasteiger partial charge on any atom is -0.445 e. The number of ether oxygens (including phenoxy) is 1. The first-order chi connectivity index (χ1) is 8.65. The fourth-order valence-corrected chi connectivity index (χ4v) is 2.40. The molecule has 7 heteroatoms. The Hall–Kier alpha value is -0.920. The van der Waals surface area contributed by atoms with Crippen molar-refractivity contribution >= 4 is 37.7 Å². The molecule has 0 aromatic carbocycles. The zero-order chi connectivity index (χ0) is 12.7. The van der Waals surface area contributed by atoms with E-state index in [4.69, 9.17) is 14.9 Å². The van der Waals surface area contributed by atoms with Gasteiger partial charge in [-0.2, -0.15) is 0 Å². The van der Waals surface area contributed by atoms with E-state index in [1.165, 1.54) is 0 Å². The van der Waals surface area contributed by atoms with Gasteiger partial charge in [0.1, 0.15) is 5.82 Å². The van der Waals surface area contributed by atoms with Gasteiger partial charge in [0.05, 0.1) is 23.4 Å². The first kappa shape index (κ1) is 12.1. The lowest BCUT2D eigenvalue weighted by molar-refractivity contribution is 0.109. The molecular formula is C11H9Br2N3O2. The summed E-state index contributed by atoms with van der Waals surface area (Å²) in [4.78, 5) is 8.75. The lowest BCUT2D eigenvalue weighted by atomic mass is 10.1. The van der Waals surface area contributed by atoms with Crippen LogP contribution in [0.5, 0.6) is 0 Å². The summed E-state index contributed by atoms with van der Waals surface area (Å²) in [6, 6.07) is 1.81. The first-order valence-corrected chi connectivity index (χ1v) is 6.92. The minimum atomic E-state index is 0.457. The summed E-state index contributed by atoms with van der Waals surface area (Å²) in [5, 5.41) is 0. The van der Waals surface area contributed by atoms with Crippen molar-refractivity contribution in [2.75, 3.05) is 12.3 Å². The van der Waals surface area contributed by atoms with Crippen LogP contribution >= 0.6 is 31.9 Å². The van der Waals surface area contributed by atoms with Crippen molar-refractivity contribution in [2.24, 2.45) is 0 Å². The van der Waals surface area contributed by atoms with Crippen molar-refractivity contribution in [3.63, 3.8) is 0 Å². The van der Waals surface area contributed by atoms with E-state index >= 15 is 0 Å². The van der Waals surface area contributed by atoms with Crippen LogP contribution in [0.4, 0.5) is 5.82 Å². The number of rotatable bonds is 1. The van der Waals surface area contributed by atoms with Crippen LogP contribution in [-0.4, -0.2) is 16.6 Å². The molecule has 0 radical (unpaired) electrons. The molecule has 2 aromatic heterocycles. The fraction of sp³-hybridized carbons (Fsp3) is 0.273. The van der Waals surface area contributed by atoms with Crippen molar-refractivity contribution in [3.05, 3.63) is 26.5 Å². The van der Waals surface area contributed by atoms with Gasteiger partial charge >= 0.3 is 0 Å². The van der Waals surface area contributed by atoms with E-state index < -0.39 is 0 Å². The quantitative estimate of drug-likeness (QED) is 0.830. The lowest BCUT2D eigenvalue weighted by Crippen LogP contribution is -2.16. The van der Waals surface area contributed by atoms with Gasteiger partial charge in [-0.05, 0) is 31.9 Å². The molecular weight excluding hydrogens is 366 g/mol. The van der Waals surface area contributed by atoms with Gasteiger partial charge in [-0.1, -0.05) is 0 Å². The van der Waals surface area contributed by atoms with Crippen LogP contribution in [0.25, 0.3) is 11.6 Å². The Morgan fingerprint density at radius 1 is 1.28 bits per heavy atom. The molecule has 1 aliphatic heterocycles. The Morgan fingerprint density at radius 2 is 2.11 bits per heavy atom. The van der Waals surface area contributed by atoms with E-state index in [0.29, 0.717) is 35.3 Å². The second-order valence-electron chi connectivity index (χ2n) is 3.89. The molecule has 0 unspecified atom stereocenters. The molecule has 0 saturated carbocycles. The highest BCUT2D eigenvalue weighted by molar-refractivity contribution is 9.13. The van der Waals surface area contributed by atoms with E-state index in [1.807, 2.05) is 6.07 Å². The van der Waals surface area contributed by atoms with Gasteiger partial charge in [0.2, 0.25) is 0 Å². The molecule has 2 aromatic rings. The number of nitrogens with zero attached hydrogens (tertiary/aromatic N) is 2. The van der Waals surface area contributed by atoms with E-state index in [9.17, 15) is 0 Å². The van der Waals surface area contributed by atoms with Crippen LogP contribution in [-0.2, 0) is 17.8 Å². The van der Waals surface area contributed by atoms with Gasteiger partial charge in [-0.25, -0.2) is 9.97 Å². The maximum absolute atomic E-state index is 5.93. The minimum absolute atomic E-state index is 0.457. The summed E-state index contributed by atoms with van der Waals surface area (Å²) in [5.41, 5.74) is 7.75. The van der Waals surface area contributed by atoms with Gasteiger partial charge in [-0.3, -0.25) is 0 Å². The predicted molar refractivity (Wildman–Crippen MR) is 72.9 cm³/mol. The van der Waals surface area contributed by atoms with Crippen molar-refractivity contribution in [2.45, 2.75) is 13.0 Å². The summed E-state index contributed by atoms with van der Waals surface area (Å²) in [6.45, 7) is 1.14. The summed E-state index contributed by atoms with van der Waals surface area (Å²) >= 11 is 6.65. The number of halogens is 2. The SMILES string of the molecule is Nc1nc(-c2cc(Br)c(Br)o2)nc2c1COCC2. The molecule has 94 valence electrons. The van der Waals surface area contributed by atoms with Crippen molar-refractivity contribution in [1.29, 1.82) is 0 Å². The molecule has 3 heterocycles. The average Bonchev–Trinajstić information content (AvgIpc) is 2.70. The summed E-state index contributed by atoms with van der Waals surface area (Å²) in [7, 11) is 0. The molecule has 18 heavy (non-hydrogen) atoms. The number of nitrogens with two attached hydrogens (primary N) is 1. The van der Waals surface area contributed by atoms with Crippen LogP contribution in [0.3, 0.4) is 0 Å². The Morgan fingerprint density at radius 3 is 2.83 bits per heavy atom. The van der Waals surface area contributed by atoms with Crippen LogP contribution in [0.1, 0.15) is 11.3 Å². The van der Waals surface area contributed by atoms with Crippen LogP contribution < -0.4 is 5.73 Å². The number of aromatic nitrogens is 2. The zero-order valence-electron chi connectivity index (χ0n) is 9.24. The Kier molecular flexibility index (Phi) is 3.13. The molecule has 2 N–H and O–H groups in total. The number of hydrogen-bond donors (Lipinski definition) is 1. The molecule has 0 saturated heterocycles. The maximum atomic E-state index is 5.93. The molecule has 0 fully saturated rings. The highest BCUT2D eigenvalue weighted by Gasteiger charge is 2.19. The van der Waals surface area contributed by atoms with Gasteiger partial charge in [-0.15, -0.1) is 0 Å². The largest absolute Gasteiger partial charge is 0.445 e. The Balaban J connectivity index is 2.10. The monoisotopic (exact) mass is 373 g/mol. The Labute approximate surface area is 120 Å². The van der Waals surface area contributed by atoms with Gasteiger partial charge < -0.3 is 14.9 Å². The third kappa shape index (κ3) is 2.06. The van der Waals surface area contributed by atoms with Crippen molar-refractivity contribution in [1.82, 2.24) is 9.97 Å². The lowest BCUT2D eigenvalue weighted by Gasteiger charge is -2.17. The zero-order valence-corrected chi connectivity index (χ0v) is 12.4. The van der Waals surface area contributed by atoms with Crippen LogP contribution in [0, 0.1) is 0 Å². The number of hydrogen-bond acceptors (Lipinski definition) is 5. The van der Waals surface area contributed by atoms with E-state index in [1.54, 1.807) is 0 Å². The number of anilines is 1. The Bertz CT molecular complexity index is 593. The maximum Gasteiger partial charge on any atom is 0.197 e. The normalized spacial score (nSPS) is 14.6. The van der Waals surface area contributed by atoms with Gasteiger partial charge in [0, 0.05) is 18.1 Å².